The lowest BCUT2D eigenvalue weighted by atomic mass is 10.1. The summed E-state index contributed by atoms with van der Waals surface area (Å²) in [5.41, 5.74) is 0.975. The van der Waals surface area contributed by atoms with Crippen LogP contribution in [0, 0.1) is 0 Å². The fraction of sp³-hybridized carbons (Fsp3) is 0.391. The Morgan fingerprint density at radius 2 is 1.94 bits per heavy atom. The number of likely N-dealkylation sites (tertiary alicyclic amines) is 1. The summed E-state index contributed by atoms with van der Waals surface area (Å²) in [6.07, 6.45) is 1.85. The molecule has 0 spiro atoms. The Kier molecular flexibility index (Phi) is 8.01. The summed E-state index contributed by atoms with van der Waals surface area (Å²) in [6.45, 7) is 3.35. The molecule has 1 aromatic carbocycles. The molecule has 1 N–H and O–H groups in total. The number of carbonyl (C=O) groups excluding carboxylic acids is 2. The molecule has 1 fully saturated rings. The lowest BCUT2D eigenvalue weighted by molar-refractivity contribution is -0.119. The first-order valence-electron chi connectivity index (χ1n) is 11.0. The van der Waals surface area contributed by atoms with E-state index in [1.165, 1.54) is 16.6 Å². The number of benzene rings is 1. The van der Waals surface area contributed by atoms with Crippen molar-refractivity contribution >= 4 is 35.1 Å². The van der Waals surface area contributed by atoms with Crippen LogP contribution < -0.4 is 5.32 Å². The largest absolute Gasteiger partial charge is 0.450 e. The topological polar surface area (TPSA) is 89.3 Å². The minimum absolute atomic E-state index is 0.0444. The number of amides is 2. The number of hydrogen-bond donors (Lipinski definition) is 1. The summed E-state index contributed by atoms with van der Waals surface area (Å²) < 4.78 is 7.07. The van der Waals surface area contributed by atoms with E-state index in [4.69, 9.17) is 4.74 Å². The zero-order chi connectivity index (χ0) is 23.0. The van der Waals surface area contributed by atoms with Gasteiger partial charge in [0.2, 0.25) is 5.91 Å². The third kappa shape index (κ3) is 6.14. The second-order valence-electron chi connectivity index (χ2n) is 7.64. The van der Waals surface area contributed by atoms with E-state index in [0.717, 1.165) is 24.4 Å². The minimum atomic E-state index is -0.281. The van der Waals surface area contributed by atoms with Gasteiger partial charge in [0.1, 0.15) is 5.82 Å². The van der Waals surface area contributed by atoms with Crippen molar-refractivity contribution in [3.63, 3.8) is 0 Å². The quantitative estimate of drug-likeness (QED) is 0.489. The first-order chi connectivity index (χ1) is 16.1. The number of piperidine rings is 1. The Bertz CT molecular complexity index is 1050. The number of carbonyl (C=O) groups is 2. The van der Waals surface area contributed by atoms with E-state index >= 15 is 0 Å². The van der Waals surface area contributed by atoms with Crippen molar-refractivity contribution in [2.24, 2.45) is 0 Å². The molecular formula is C23H27N5O3S2. The summed E-state index contributed by atoms with van der Waals surface area (Å²) in [6, 6.07) is 14.1. The third-order valence-electron chi connectivity index (χ3n) is 5.35. The summed E-state index contributed by atoms with van der Waals surface area (Å²) in [5, 5.41) is 14.6. The molecule has 1 saturated heterocycles. The highest BCUT2D eigenvalue weighted by Crippen LogP contribution is 2.24. The molecule has 174 valence electrons. The van der Waals surface area contributed by atoms with E-state index < -0.39 is 0 Å². The zero-order valence-electron chi connectivity index (χ0n) is 18.5. The number of ether oxygens (including phenoxy) is 1. The highest BCUT2D eigenvalue weighted by atomic mass is 32.2. The van der Waals surface area contributed by atoms with Gasteiger partial charge < -0.3 is 15.0 Å². The molecule has 3 heterocycles. The van der Waals surface area contributed by atoms with Gasteiger partial charge in [0.15, 0.2) is 5.16 Å². The number of nitrogens with zero attached hydrogens (tertiary/aromatic N) is 4. The number of thioether (sulfide) groups is 1. The van der Waals surface area contributed by atoms with Gasteiger partial charge in [-0.1, -0.05) is 36.0 Å². The summed E-state index contributed by atoms with van der Waals surface area (Å²) in [5.74, 6) is 1.05. The second kappa shape index (κ2) is 11.3. The van der Waals surface area contributed by atoms with Crippen LogP contribution in [0.3, 0.4) is 0 Å². The maximum Gasteiger partial charge on any atom is 0.409 e. The Hall–Kier alpha value is -2.85. The van der Waals surface area contributed by atoms with E-state index in [0.29, 0.717) is 31.3 Å². The maximum absolute atomic E-state index is 12.6. The molecule has 0 atom stereocenters. The molecule has 0 aliphatic carbocycles. The van der Waals surface area contributed by atoms with Gasteiger partial charge in [0.05, 0.1) is 12.4 Å². The summed E-state index contributed by atoms with van der Waals surface area (Å²) >= 11 is 3.07. The van der Waals surface area contributed by atoms with E-state index in [2.05, 4.69) is 27.0 Å². The minimum Gasteiger partial charge on any atom is -0.450 e. The van der Waals surface area contributed by atoms with Crippen molar-refractivity contribution in [1.29, 1.82) is 0 Å². The van der Waals surface area contributed by atoms with Crippen LogP contribution in [0.1, 0.15) is 30.5 Å². The maximum atomic E-state index is 12.6. The van der Waals surface area contributed by atoms with Gasteiger partial charge in [-0.2, -0.15) is 0 Å². The molecule has 8 nitrogen and oxygen atoms in total. The molecule has 2 aromatic heterocycles. The SMILES string of the molecule is CCOC(=O)N1CCC(NC(=O)CSc2nnc(Cc3cccs3)n2-c2ccccc2)CC1. The molecule has 0 saturated carbocycles. The zero-order valence-corrected chi connectivity index (χ0v) is 20.1. The number of aromatic nitrogens is 3. The van der Waals surface area contributed by atoms with Crippen LogP contribution in [-0.4, -0.2) is 63.2 Å². The highest BCUT2D eigenvalue weighted by molar-refractivity contribution is 7.99. The standard InChI is InChI=1S/C23H27N5O3S2/c1-2-31-23(30)27-12-10-17(11-13-27)24-21(29)16-33-22-26-25-20(15-19-9-6-14-32-19)28(22)18-7-4-3-5-8-18/h3-9,14,17H,2,10-13,15-16H2,1H3,(H,24,29). The molecule has 4 rings (SSSR count). The Morgan fingerprint density at radius 3 is 2.64 bits per heavy atom. The number of nitrogens with one attached hydrogen (secondary N) is 1. The predicted octanol–water partition coefficient (Wildman–Crippen LogP) is 3.75. The number of thiophene rings is 1. The summed E-state index contributed by atoms with van der Waals surface area (Å²) in [7, 11) is 0. The number of hydrogen-bond acceptors (Lipinski definition) is 7. The first-order valence-corrected chi connectivity index (χ1v) is 12.9. The first kappa shape index (κ1) is 23.3. The monoisotopic (exact) mass is 485 g/mol. The number of para-hydroxylation sites is 1. The van der Waals surface area contributed by atoms with Crippen LogP contribution in [0.2, 0.25) is 0 Å². The van der Waals surface area contributed by atoms with Crippen LogP contribution in [0.4, 0.5) is 4.79 Å². The van der Waals surface area contributed by atoms with Gasteiger partial charge in [0, 0.05) is 36.1 Å². The molecular weight excluding hydrogens is 458 g/mol. The van der Waals surface area contributed by atoms with Crippen molar-refractivity contribution in [2.75, 3.05) is 25.4 Å². The molecule has 10 heteroatoms. The molecule has 2 amide bonds. The summed E-state index contributed by atoms with van der Waals surface area (Å²) in [4.78, 5) is 27.4. The Balaban J connectivity index is 1.36. The van der Waals surface area contributed by atoms with Gasteiger partial charge in [-0.25, -0.2) is 4.79 Å². The van der Waals surface area contributed by atoms with E-state index in [-0.39, 0.29) is 23.8 Å². The van der Waals surface area contributed by atoms with Gasteiger partial charge in [-0.15, -0.1) is 21.5 Å². The molecule has 3 aromatic rings. The predicted molar refractivity (Wildman–Crippen MR) is 129 cm³/mol. The lowest BCUT2D eigenvalue weighted by Gasteiger charge is -2.31. The fourth-order valence-corrected chi connectivity index (χ4v) is 5.22. The van der Waals surface area contributed by atoms with Crippen LogP contribution in [0.15, 0.2) is 53.0 Å². The van der Waals surface area contributed by atoms with Crippen molar-refractivity contribution in [2.45, 2.75) is 37.4 Å². The van der Waals surface area contributed by atoms with Crippen LogP contribution >= 0.6 is 23.1 Å². The Morgan fingerprint density at radius 1 is 1.15 bits per heavy atom. The van der Waals surface area contributed by atoms with Gasteiger partial charge in [-0.05, 0) is 43.3 Å². The van der Waals surface area contributed by atoms with Crippen LogP contribution in [0.5, 0.6) is 0 Å². The van der Waals surface area contributed by atoms with E-state index in [1.54, 1.807) is 23.2 Å². The molecule has 33 heavy (non-hydrogen) atoms. The normalized spacial score (nSPS) is 14.3. The molecule has 0 bridgehead atoms. The fourth-order valence-electron chi connectivity index (χ4n) is 3.73. The van der Waals surface area contributed by atoms with Crippen molar-refractivity contribution < 1.29 is 14.3 Å². The van der Waals surface area contributed by atoms with Crippen molar-refractivity contribution in [1.82, 2.24) is 25.0 Å². The smallest absolute Gasteiger partial charge is 0.409 e. The molecule has 0 unspecified atom stereocenters. The average Bonchev–Trinajstić information content (AvgIpc) is 3.49. The van der Waals surface area contributed by atoms with Crippen molar-refractivity contribution in [3.05, 3.63) is 58.5 Å². The third-order valence-corrected chi connectivity index (χ3v) is 7.15. The lowest BCUT2D eigenvalue weighted by Crippen LogP contribution is -2.47. The van der Waals surface area contributed by atoms with E-state index in [1.807, 2.05) is 41.0 Å². The van der Waals surface area contributed by atoms with Crippen molar-refractivity contribution in [3.8, 4) is 5.69 Å². The Labute approximate surface area is 201 Å². The highest BCUT2D eigenvalue weighted by Gasteiger charge is 2.25. The average molecular weight is 486 g/mol. The van der Waals surface area contributed by atoms with E-state index in [9.17, 15) is 9.59 Å². The molecule has 1 aliphatic rings. The molecule has 1 aliphatic heterocycles. The van der Waals surface area contributed by atoms with Crippen LogP contribution in [-0.2, 0) is 16.0 Å². The second-order valence-corrected chi connectivity index (χ2v) is 9.62. The van der Waals surface area contributed by atoms with Gasteiger partial charge in [-0.3, -0.25) is 9.36 Å². The van der Waals surface area contributed by atoms with Gasteiger partial charge in [0.25, 0.3) is 0 Å². The molecule has 0 radical (unpaired) electrons. The van der Waals surface area contributed by atoms with Gasteiger partial charge >= 0.3 is 6.09 Å². The van der Waals surface area contributed by atoms with Crippen LogP contribution in [0.25, 0.3) is 5.69 Å². The number of rotatable bonds is 8.